The fourth-order valence-electron chi connectivity index (χ4n) is 3.10. The predicted molar refractivity (Wildman–Crippen MR) is 121 cm³/mol. The van der Waals surface area contributed by atoms with Crippen LogP contribution >= 0.6 is 11.6 Å². The molecule has 1 aromatic rings. The number of halogens is 1. The van der Waals surface area contributed by atoms with E-state index in [0.29, 0.717) is 18.8 Å². The fraction of sp³-hybridized carbons (Fsp3) is 0.696. The molecule has 1 rings (SSSR count). The van der Waals surface area contributed by atoms with Crippen LogP contribution in [0.1, 0.15) is 59.4 Å². The molecule has 0 aliphatic rings. The number of nitrogens with one attached hydrogen (secondary N) is 2. The molecule has 0 radical (unpaired) electrons. The molecule has 1 aromatic carbocycles. The van der Waals surface area contributed by atoms with Crippen LogP contribution in [0.2, 0.25) is 0 Å². The molecule has 0 spiro atoms. The summed E-state index contributed by atoms with van der Waals surface area (Å²) in [6.07, 6.45) is 2.47. The number of hydrogen-bond donors (Lipinski definition) is 3. The van der Waals surface area contributed by atoms with E-state index in [1.807, 2.05) is 51.1 Å². The van der Waals surface area contributed by atoms with Crippen molar-refractivity contribution >= 4 is 17.7 Å². The molecule has 1 amide bonds. The van der Waals surface area contributed by atoms with E-state index in [1.165, 1.54) is 0 Å². The Hall–Kier alpha value is -1.30. The second-order valence-corrected chi connectivity index (χ2v) is 9.83. The number of rotatable bonds is 12. The molecule has 0 fully saturated rings. The van der Waals surface area contributed by atoms with Crippen LogP contribution in [0.5, 0.6) is 0 Å². The van der Waals surface area contributed by atoms with Crippen molar-refractivity contribution in [3.05, 3.63) is 35.9 Å². The first kappa shape index (κ1) is 25.7. The van der Waals surface area contributed by atoms with Crippen molar-refractivity contribution in [3.63, 3.8) is 0 Å². The number of unbranched alkanes of at least 4 members (excludes halogenated alkanes) is 1. The van der Waals surface area contributed by atoms with Gasteiger partial charge in [0.05, 0.1) is 12.1 Å². The summed E-state index contributed by atoms with van der Waals surface area (Å²) in [4.78, 5) is 12.3. The molecule has 166 valence electrons. The summed E-state index contributed by atoms with van der Waals surface area (Å²) in [6, 6.07) is 9.39. The molecule has 3 N–H and O–H groups in total. The van der Waals surface area contributed by atoms with Crippen LogP contribution in [-0.2, 0) is 11.2 Å². The van der Waals surface area contributed by atoms with Crippen molar-refractivity contribution in [2.24, 2.45) is 5.41 Å². The first-order valence-electron chi connectivity index (χ1n) is 10.5. The zero-order valence-electron chi connectivity index (χ0n) is 18.6. The minimum absolute atomic E-state index is 0.124. The van der Waals surface area contributed by atoms with E-state index in [-0.39, 0.29) is 5.41 Å². The molecule has 29 heavy (non-hydrogen) atoms. The molecule has 0 saturated carbocycles. The van der Waals surface area contributed by atoms with E-state index in [4.69, 9.17) is 16.3 Å². The Morgan fingerprint density at radius 2 is 1.79 bits per heavy atom. The smallest absolute Gasteiger partial charge is 0.407 e. The molecule has 0 aromatic heterocycles. The van der Waals surface area contributed by atoms with Crippen LogP contribution in [0.25, 0.3) is 0 Å². The van der Waals surface area contributed by atoms with Gasteiger partial charge < -0.3 is 20.5 Å². The van der Waals surface area contributed by atoms with Gasteiger partial charge in [0, 0.05) is 19.0 Å². The van der Waals surface area contributed by atoms with Gasteiger partial charge in [0.1, 0.15) is 5.60 Å². The molecule has 6 heteroatoms. The van der Waals surface area contributed by atoms with Crippen LogP contribution < -0.4 is 10.6 Å². The number of alkyl halides is 1. The van der Waals surface area contributed by atoms with Gasteiger partial charge in [-0.25, -0.2) is 4.79 Å². The largest absolute Gasteiger partial charge is 0.444 e. The third kappa shape index (κ3) is 12.1. The Kier molecular flexibility index (Phi) is 11.0. The van der Waals surface area contributed by atoms with Crippen molar-refractivity contribution < 1.29 is 14.6 Å². The Morgan fingerprint density at radius 3 is 2.38 bits per heavy atom. The maximum Gasteiger partial charge on any atom is 0.407 e. The third-order valence-electron chi connectivity index (χ3n) is 4.66. The average molecular weight is 427 g/mol. The monoisotopic (exact) mass is 426 g/mol. The molecule has 5 nitrogen and oxygen atoms in total. The van der Waals surface area contributed by atoms with E-state index in [2.05, 4.69) is 24.5 Å². The summed E-state index contributed by atoms with van der Waals surface area (Å²) in [5, 5.41) is 17.0. The number of benzene rings is 1. The zero-order valence-corrected chi connectivity index (χ0v) is 19.4. The van der Waals surface area contributed by atoms with Gasteiger partial charge in [-0.05, 0) is 51.0 Å². The van der Waals surface area contributed by atoms with Gasteiger partial charge in [0.15, 0.2) is 0 Å². The molecule has 1 unspecified atom stereocenters. The highest BCUT2D eigenvalue weighted by Crippen LogP contribution is 2.22. The van der Waals surface area contributed by atoms with Crippen molar-refractivity contribution in [1.29, 1.82) is 0 Å². The number of ether oxygens (including phenoxy) is 1. The normalized spacial score (nSPS) is 14.3. The standard InChI is InChI=1S/C23H39ClN2O3/c1-22(2,3)29-21(28)26-19(15-18-11-7-6-8-12-18)20(27)16-25-17-23(4,5)13-9-10-14-24/h6-8,11-12,19-20,25,27H,9-10,13-17H2,1-5H3,(H,26,28)/t19-,20?/m0/s1. The maximum atomic E-state index is 12.3. The second-order valence-electron chi connectivity index (χ2n) is 9.45. The number of alkyl carbamates (subject to hydrolysis) is 1. The van der Waals surface area contributed by atoms with Gasteiger partial charge in [-0.2, -0.15) is 0 Å². The molecule has 0 saturated heterocycles. The first-order valence-corrected chi connectivity index (χ1v) is 11.0. The summed E-state index contributed by atoms with van der Waals surface area (Å²) in [5.74, 6) is 0.694. The number of carbonyl (C=O) groups excluding carboxylic acids is 1. The summed E-state index contributed by atoms with van der Waals surface area (Å²) >= 11 is 5.77. The predicted octanol–water partition coefficient (Wildman–Crippen LogP) is 4.51. The quantitative estimate of drug-likeness (QED) is 0.339. The Labute approximate surface area is 181 Å². The fourth-order valence-corrected chi connectivity index (χ4v) is 3.29. The molecule has 0 aliphatic heterocycles. The maximum absolute atomic E-state index is 12.3. The van der Waals surface area contributed by atoms with Gasteiger partial charge in [0.2, 0.25) is 0 Å². The Balaban J connectivity index is 2.64. The SMILES string of the molecule is CC(C)(CCCCCl)CNCC(O)[C@H](Cc1ccccc1)NC(=O)OC(C)(C)C. The minimum atomic E-state index is -0.735. The molecular weight excluding hydrogens is 388 g/mol. The minimum Gasteiger partial charge on any atom is -0.444 e. The topological polar surface area (TPSA) is 70.6 Å². The molecular formula is C23H39ClN2O3. The van der Waals surface area contributed by atoms with Crippen LogP contribution in [-0.4, -0.2) is 47.9 Å². The lowest BCUT2D eigenvalue weighted by Gasteiger charge is -2.29. The third-order valence-corrected chi connectivity index (χ3v) is 4.93. The van der Waals surface area contributed by atoms with E-state index < -0.39 is 23.8 Å². The molecule has 0 heterocycles. The van der Waals surface area contributed by atoms with Crippen molar-refractivity contribution in [2.75, 3.05) is 19.0 Å². The van der Waals surface area contributed by atoms with Crippen LogP contribution in [0.4, 0.5) is 4.79 Å². The van der Waals surface area contributed by atoms with E-state index in [0.717, 1.165) is 31.4 Å². The van der Waals surface area contributed by atoms with Crippen LogP contribution in [0.3, 0.4) is 0 Å². The summed E-state index contributed by atoms with van der Waals surface area (Å²) in [5.41, 5.74) is 0.589. The lowest BCUT2D eigenvalue weighted by molar-refractivity contribution is 0.0420. The highest BCUT2D eigenvalue weighted by molar-refractivity contribution is 6.17. The number of aliphatic hydroxyl groups excluding tert-OH is 1. The molecule has 0 bridgehead atoms. The van der Waals surface area contributed by atoms with E-state index in [1.54, 1.807) is 0 Å². The Morgan fingerprint density at radius 1 is 1.14 bits per heavy atom. The zero-order chi connectivity index (χ0) is 21.9. The summed E-state index contributed by atoms with van der Waals surface area (Å²) in [6.45, 7) is 11.1. The van der Waals surface area contributed by atoms with Crippen LogP contribution in [0, 0.1) is 5.41 Å². The van der Waals surface area contributed by atoms with Gasteiger partial charge in [-0.3, -0.25) is 0 Å². The number of aliphatic hydroxyl groups is 1. The van der Waals surface area contributed by atoms with Gasteiger partial charge >= 0.3 is 6.09 Å². The van der Waals surface area contributed by atoms with Gasteiger partial charge in [-0.1, -0.05) is 50.6 Å². The number of hydrogen-bond acceptors (Lipinski definition) is 4. The average Bonchev–Trinajstić information content (AvgIpc) is 2.60. The lowest BCUT2D eigenvalue weighted by atomic mass is 9.87. The van der Waals surface area contributed by atoms with E-state index >= 15 is 0 Å². The van der Waals surface area contributed by atoms with Crippen molar-refractivity contribution in [2.45, 2.75) is 78.0 Å². The van der Waals surface area contributed by atoms with Crippen molar-refractivity contribution in [3.8, 4) is 0 Å². The van der Waals surface area contributed by atoms with Crippen LogP contribution in [0.15, 0.2) is 30.3 Å². The van der Waals surface area contributed by atoms with Gasteiger partial charge in [0.25, 0.3) is 0 Å². The lowest BCUT2D eigenvalue weighted by Crippen LogP contribution is -2.50. The highest BCUT2D eigenvalue weighted by Gasteiger charge is 2.25. The summed E-state index contributed by atoms with van der Waals surface area (Å²) < 4.78 is 5.38. The number of carbonyl (C=O) groups is 1. The first-order chi connectivity index (χ1) is 13.5. The molecule has 2 atom stereocenters. The van der Waals surface area contributed by atoms with E-state index in [9.17, 15) is 9.90 Å². The Bertz CT molecular complexity index is 588. The molecule has 0 aliphatic carbocycles. The second kappa shape index (κ2) is 12.4. The van der Waals surface area contributed by atoms with Crippen molar-refractivity contribution in [1.82, 2.24) is 10.6 Å². The summed E-state index contributed by atoms with van der Waals surface area (Å²) in [7, 11) is 0. The highest BCUT2D eigenvalue weighted by atomic mass is 35.5. The van der Waals surface area contributed by atoms with Gasteiger partial charge in [-0.15, -0.1) is 11.6 Å². The number of amides is 1.